The molecule has 0 aliphatic heterocycles. The maximum absolute atomic E-state index is 9.01. The van der Waals surface area contributed by atoms with Gasteiger partial charge in [0.2, 0.25) is 0 Å². The fourth-order valence-corrected chi connectivity index (χ4v) is 2.14. The zero-order chi connectivity index (χ0) is 10.5. The van der Waals surface area contributed by atoms with Crippen LogP contribution in [0.25, 0.3) is 0 Å². The van der Waals surface area contributed by atoms with E-state index in [1.807, 2.05) is 4.57 Å². The van der Waals surface area contributed by atoms with Crippen LogP contribution in [0.1, 0.15) is 44.6 Å². The van der Waals surface area contributed by atoms with Crippen molar-refractivity contribution in [2.45, 2.75) is 44.6 Å². The minimum atomic E-state index is 0.144. The van der Waals surface area contributed by atoms with E-state index in [0.29, 0.717) is 0 Å². The van der Waals surface area contributed by atoms with Crippen LogP contribution in [0, 0.1) is 0 Å². The van der Waals surface area contributed by atoms with Crippen LogP contribution in [-0.4, -0.2) is 25.7 Å². The normalized spacial score (nSPS) is 26.1. The molecule has 1 aromatic heterocycles. The Labute approximate surface area is 88.8 Å². The average molecular weight is 208 g/mol. The van der Waals surface area contributed by atoms with Crippen molar-refractivity contribution in [3.63, 3.8) is 0 Å². The van der Waals surface area contributed by atoms with Crippen LogP contribution in [0.15, 0.2) is 17.8 Å². The summed E-state index contributed by atoms with van der Waals surface area (Å²) in [5.41, 5.74) is 0.856. The smallest absolute Gasteiger partial charge is 0.119 e. The average Bonchev–Trinajstić information content (AvgIpc) is 2.71. The summed E-state index contributed by atoms with van der Waals surface area (Å²) in [6.45, 7) is 0. The lowest BCUT2D eigenvalue weighted by molar-refractivity contribution is 0.310. The topological polar surface area (TPSA) is 63.3 Å². The molecule has 1 atom stereocenters. The zero-order valence-electron chi connectivity index (χ0n) is 8.71. The van der Waals surface area contributed by atoms with Crippen molar-refractivity contribution in [2.24, 2.45) is 5.16 Å². The fourth-order valence-electron chi connectivity index (χ4n) is 2.14. The molecule has 0 aromatic carbocycles. The Kier molecular flexibility index (Phi) is 3.32. The van der Waals surface area contributed by atoms with Gasteiger partial charge in [-0.15, -0.1) is 10.2 Å². The van der Waals surface area contributed by atoms with Crippen LogP contribution in [0.4, 0.5) is 0 Å². The first-order chi connectivity index (χ1) is 7.42. The summed E-state index contributed by atoms with van der Waals surface area (Å²) in [6.07, 6.45) is 10.0. The van der Waals surface area contributed by atoms with Gasteiger partial charge >= 0.3 is 0 Å². The highest BCUT2D eigenvalue weighted by atomic mass is 16.4. The first-order valence-electron chi connectivity index (χ1n) is 5.47. The molecule has 1 aromatic rings. The Bertz CT molecular complexity index is 320. The number of hydrogen-bond acceptors (Lipinski definition) is 4. The third-order valence-corrected chi connectivity index (χ3v) is 2.97. The second kappa shape index (κ2) is 4.91. The van der Waals surface area contributed by atoms with E-state index in [1.54, 1.807) is 12.7 Å². The lowest BCUT2D eigenvalue weighted by atomic mass is 9.95. The molecule has 1 fully saturated rings. The van der Waals surface area contributed by atoms with Crippen LogP contribution in [0.3, 0.4) is 0 Å². The Morgan fingerprint density at radius 2 is 1.93 bits per heavy atom. The van der Waals surface area contributed by atoms with E-state index in [9.17, 15) is 0 Å². The van der Waals surface area contributed by atoms with Crippen LogP contribution in [-0.2, 0) is 0 Å². The van der Waals surface area contributed by atoms with Gasteiger partial charge in [0.1, 0.15) is 12.7 Å². The monoisotopic (exact) mass is 208 g/mol. The minimum Gasteiger partial charge on any atom is -0.411 e. The molecule has 0 radical (unpaired) electrons. The minimum absolute atomic E-state index is 0.144. The largest absolute Gasteiger partial charge is 0.411 e. The predicted molar refractivity (Wildman–Crippen MR) is 56.0 cm³/mol. The lowest BCUT2D eigenvalue weighted by Crippen LogP contribution is -2.20. The highest BCUT2D eigenvalue weighted by Gasteiger charge is 2.19. The molecule has 1 aliphatic rings. The van der Waals surface area contributed by atoms with Gasteiger partial charge in [0.15, 0.2) is 0 Å². The molecule has 5 heteroatoms. The third-order valence-electron chi connectivity index (χ3n) is 2.97. The molecule has 15 heavy (non-hydrogen) atoms. The first kappa shape index (κ1) is 10.1. The van der Waals surface area contributed by atoms with Gasteiger partial charge in [0.25, 0.3) is 0 Å². The zero-order valence-corrected chi connectivity index (χ0v) is 8.71. The van der Waals surface area contributed by atoms with E-state index < -0.39 is 0 Å². The molecule has 0 unspecified atom stereocenters. The van der Waals surface area contributed by atoms with Crippen molar-refractivity contribution in [2.75, 3.05) is 0 Å². The van der Waals surface area contributed by atoms with Gasteiger partial charge in [0.05, 0.1) is 11.8 Å². The van der Waals surface area contributed by atoms with Crippen LogP contribution in [0.2, 0.25) is 0 Å². The Balaban J connectivity index is 2.17. The maximum Gasteiger partial charge on any atom is 0.119 e. The highest BCUT2D eigenvalue weighted by Crippen LogP contribution is 2.24. The molecular weight excluding hydrogens is 192 g/mol. The molecule has 0 amide bonds. The Hall–Kier alpha value is -1.39. The van der Waals surface area contributed by atoms with Crippen molar-refractivity contribution in [1.82, 2.24) is 14.8 Å². The van der Waals surface area contributed by atoms with E-state index in [4.69, 9.17) is 5.21 Å². The third kappa shape index (κ3) is 2.34. The molecule has 0 bridgehead atoms. The predicted octanol–water partition coefficient (Wildman–Crippen LogP) is 2.00. The second-order valence-electron chi connectivity index (χ2n) is 3.97. The van der Waals surface area contributed by atoms with Gasteiger partial charge in [-0.1, -0.05) is 24.4 Å². The summed E-state index contributed by atoms with van der Waals surface area (Å²) in [5, 5.41) is 20.0. The van der Waals surface area contributed by atoms with Crippen molar-refractivity contribution in [3.8, 4) is 0 Å². The highest BCUT2D eigenvalue weighted by molar-refractivity contribution is 5.87. The Morgan fingerprint density at radius 1 is 1.20 bits per heavy atom. The molecule has 1 N–H and O–H groups in total. The van der Waals surface area contributed by atoms with Gasteiger partial charge in [-0.2, -0.15) is 0 Å². The van der Waals surface area contributed by atoms with Crippen molar-refractivity contribution < 1.29 is 5.21 Å². The quantitative estimate of drug-likeness (QED) is 0.567. The first-order valence-corrected chi connectivity index (χ1v) is 5.47. The molecule has 1 saturated carbocycles. The number of hydrogen-bond donors (Lipinski definition) is 1. The summed E-state index contributed by atoms with van der Waals surface area (Å²) in [6, 6.07) is 0.144. The van der Waals surface area contributed by atoms with E-state index >= 15 is 0 Å². The van der Waals surface area contributed by atoms with E-state index in [0.717, 1.165) is 25.0 Å². The number of nitrogens with zero attached hydrogens (tertiary/aromatic N) is 4. The SMILES string of the molecule is O/N=C1/CCCCCC[C@@H]1n1cnnc1. The molecule has 1 heterocycles. The lowest BCUT2D eigenvalue weighted by Gasteiger charge is -2.21. The van der Waals surface area contributed by atoms with Gasteiger partial charge < -0.3 is 9.77 Å². The van der Waals surface area contributed by atoms with E-state index in [1.165, 1.54) is 19.3 Å². The van der Waals surface area contributed by atoms with Crippen molar-refractivity contribution in [3.05, 3.63) is 12.7 Å². The number of rotatable bonds is 1. The summed E-state index contributed by atoms with van der Waals surface area (Å²) in [5.74, 6) is 0. The van der Waals surface area contributed by atoms with Crippen molar-refractivity contribution >= 4 is 5.71 Å². The summed E-state index contributed by atoms with van der Waals surface area (Å²) in [7, 11) is 0. The van der Waals surface area contributed by atoms with Gasteiger partial charge in [-0.05, 0) is 19.3 Å². The Morgan fingerprint density at radius 3 is 2.67 bits per heavy atom. The van der Waals surface area contributed by atoms with E-state index in [2.05, 4.69) is 15.4 Å². The number of aromatic nitrogens is 3. The van der Waals surface area contributed by atoms with Gasteiger partial charge in [0, 0.05) is 0 Å². The number of oxime groups is 1. The molecule has 5 nitrogen and oxygen atoms in total. The molecular formula is C10H16N4O. The van der Waals surface area contributed by atoms with Gasteiger partial charge in [-0.3, -0.25) is 0 Å². The van der Waals surface area contributed by atoms with Crippen LogP contribution in [0.5, 0.6) is 0 Å². The molecule has 1 aliphatic carbocycles. The van der Waals surface area contributed by atoms with Crippen LogP contribution >= 0.6 is 0 Å². The summed E-state index contributed by atoms with van der Waals surface area (Å²) < 4.78 is 1.93. The standard InChI is InChI=1S/C10H16N4O/c15-13-9-5-3-1-2-4-6-10(9)14-7-11-12-8-14/h7-8,10,15H,1-6H2/b13-9-/t10-/m0/s1. The van der Waals surface area contributed by atoms with Crippen LogP contribution < -0.4 is 0 Å². The van der Waals surface area contributed by atoms with Gasteiger partial charge in [-0.25, -0.2) is 0 Å². The molecule has 2 rings (SSSR count). The fraction of sp³-hybridized carbons (Fsp3) is 0.700. The molecule has 82 valence electrons. The summed E-state index contributed by atoms with van der Waals surface area (Å²) in [4.78, 5) is 0. The van der Waals surface area contributed by atoms with Crippen molar-refractivity contribution in [1.29, 1.82) is 0 Å². The summed E-state index contributed by atoms with van der Waals surface area (Å²) >= 11 is 0. The van der Waals surface area contributed by atoms with E-state index in [-0.39, 0.29) is 6.04 Å². The maximum atomic E-state index is 9.01. The molecule has 0 saturated heterocycles. The molecule has 0 spiro atoms. The second-order valence-corrected chi connectivity index (χ2v) is 3.97.